The second kappa shape index (κ2) is 5.77. The van der Waals surface area contributed by atoms with Crippen molar-refractivity contribution in [2.75, 3.05) is 13.4 Å². The van der Waals surface area contributed by atoms with Gasteiger partial charge in [-0.1, -0.05) is 24.6 Å². The molecule has 1 unspecified atom stereocenters. The van der Waals surface area contributed by atoms with E-state index in [4.69, 9.17) is 0 Å². The summed E-state index contributed by atoms with van der Waals surface area (Å²) in [4.78, 5) is 11.6. The molecule has 0 bridgehead atoms. The third-order valence-corrected chi connectivity index (χ3v) is 3.05. The van der Waals surface area contributed by atoms with Gasteiger partial charge >= 0.3 is 5.97 Å². The van der Waals surface area contributed by atoms with Crippen LogP contribution in [0.5, 0.6) is 0 Å². The predicted molar refractivity (Wildman–Crippen MR) is 62.4 cm³/mol. The Morgan fingerprint density at radius 1 is 1.41 bits per heavy atom. The van der Waals surface area contributed by atoms with Crippen molar-refractivity contribution < 1.29 is 13.9 Å². The molecule has 1 aliphatic heterocycles. The first kappa shape index (κ1) is 12.0. The number of benzene rings is 1. The minimum atomic E-state index is -1.08. The van der Waals surface area contributed by atoms with Crippen LogP contribution in [0.4, 0.5) is 4.39 Å². The molecule has 3 nitrogen and oxygen atoms in total. The van der Waals surface area contributed by atoms with E-state index in [0.29, 0.717) is 5.56 Å². The molecule has 0 amide bonds. The average Bonchev–Trinajstić information content (AvgIpc) is 2.40. The number of carbonyl (C=O) groups excluding carboxylic acids is 1. The molecular formula is C13H16FNO2. The Morgan fingerprint density at radius 2 is 2.24 bits per heavy atom. The third kappa shape index (κ3) is 2.82. The maximum Gasteiger partial charge on any atom is 0.340 e. The summed E-state index contributed by atoms with van der Waals surface area (Å²) in [6, 6.07) is 7.41. The van der Waals surface area contributed by atoms with Crippen molar-refractivity contribution in [3.63, 3.8) is 0 Å². The van der Waals surface area contributed by atoms with Gasteiger partial charge in [0.25, 0.3) is 0 Å². The molecule has 1 aromatic rings. The number of halogens is 1. The number of esters is 1. The standard InChI is InChI=1S/C13H16FNO2/c14-9-17-13(16)11-6-2-1-5-10(11)12-7-3-4-8-15-12/h1-2,5-6,12,15H,3-4,7-9H2. The summed E-state index contributed by atoms with van der Waals surface area (Å²) in [6.07, 6.45) is 3.30. The highest BCUT2D eigenvalue weighted by molar-refractivity contribution is 5.91. The molecule has 1 atom stereocenters. The second-order valence-electron chi connectivity index (χ2n) is 4.13. The number of hydrogen-bond acceptors (Lipinski definition) is 3. The van der Waals surface area contributed by atoms with Gasteiger partial charge in [-0.3, -0.25) is 0 Å². The van der Waals surface area contributed by atoms with E-state index in [0.717, 1.165) is 31.4 Å². The molecular weight excluding hydrogens is 221 g/mol. The molecule has 17 heavy (non-hydrogen) atoms. The van der Waals surface area contributed by atoms with Crippen LogP contribution >= 0.6 is 0 Å². The highest BCUT2D eigenvalue weighted by Crippen LogP contribution is 2.26. The number of carbonyl (C=O) groups is 1. The summed E-state index contributed by atoms with van der Waals surface area (Å²) in [6.45, 7) is -0.123. The average molecular weight is 237 g/mol. The van der Waals surface area contributed by atoms with Crippen molar-refractivity contribution in [2.24, 2.45) is 0 Å². The van der Waals surface area contributed by atoms with Crippen LogP contribution < -0.4 is 5.32 Å². The SMILES string of the molecule is O=C(OCF)c1ccccc1C1CCCCN1. The van der Waals surface area contributed by atoms with Crippen LogP contribution in [-0.2, 0) is 4.74 Å². The number of hydrogen-bond donors (Lipinski definition) is 1. The summed E-state index contributed by atoms with van der Waals surface area (Å²) in [5.74, 6) is -0.588. The zero-order chi connectivity index (χ0) is 12.1. The van der Waals surface area contributed by atoms with Crippen molar-refractivity contribution in [1.29, 1.82) is 0 Å². The normalized spacial score (nSPS) is 19.9. The number of nitrogens with one attached hydrogen (secondary N) is 1. The molecule has 1 heterocycles. The van der Waals surface area contributed by atoms with Gasteiger partial charge in [-0.15, -0.1) is 0 Å². The number of piperidine rings is 1. The van der Waals surface area contributed by atoms with Crippen LogP contribution in [0.3, 0.4) is 0 Å². The summed E-state index contributed by atoms with van der Waals surface area (Å²) in [5, 5.41) is 3.37. The lowest BCUT2D eigenvalue weighted by atomic mass is 9.94. The first-order valence-corrected chi connectivity index (χ1v) is 5.88. The Bertz CT molecular complexity index is 389. The lowest BCUT2D eigenvalue weighted by molar-refractivity contribution is 0.0322. The minimum Gasteiger partial charge on any atom is -0.430 e. The van der Waals surface area contributed by atoms with Crippen LogP contribution in [0.2, 0.25) is 0 Å². The summed E-state index contributed by atoms with van der Waals surface area (Å²) in [5.41, 5.74) is 1.37. The molecule has 0 radical (unpaired) electrons. The summed E-state index contributed by atoms with van der Waals surface area (Å²) >= 11 is 0. The fourth-order valence-electron chi connectivity index (χ4n) is 2.23. The second-order valence-corrected chi connectivity index (χ2v) is 4.13. The maximum atomic E-state index is 12.0. The quantitative estimate of drug-likeness (QED) is 0.821. The van der Waals surface area contributed by atoms with Gasteiger partial charge in [0.15, 0.2) is 0 Å². The minimum absolute atomic E-state index is 0.173. The van der Waals surface area contributed by atoms with E-state index < -0.39 is 12.8 Å². The Balaban J connectivity index is 2.23. The van der Waals surface area contributed by atoms with Crippen LogP contribution in [0, 0.1) is 0 Å². The van der Waals surface area contributed by atoms with Gasteiger partial charge in [-0.25, -0.2) is 9.18 Å². The Hall–Kier alpha value is -1.42. The van der Waals surface area contributed by atoms with Crippen LogP contribution in [0.15, 0.2) is 24.3 Å². The lowest BCUT2D eigenvalue weighted by Crippen LogP contribution is -2.28. The maximum absolute atomic E-state index is 12.0. The largest absolute Gasteiger partial charge is 0.430 e. The molecule has 0 aliphatic carbocycles. The molecule has 0 saturated carbocycles. The topological polar surface area (TPSA) is 38.3 Å². The van der Waals surface area contributed by atoms with Gasteiger partial charge in [0.05, 0.1) is 5.56 Å². The molecule has 1 N–H and O–H groups in total. The molecule has 92 valence electrons. The molecule has 4 heteroatoms. The Kier molecular flexibility index (Phi) is 4.09. The van der Waals surface area contributed by atoms with Gasteiger partial charge in [0.1, 0.15) is 0 Å². The van der Waals surface area contributed by atoms with Gasteiger partial charge < -0.3 is 10.1 Å². The van der Waals surface area contributed by atoms with Gasteiger partial charge in [0, 0.05) is 6.04 Å². The highest BCUT2D eigenvalue weighted by atomic mass is 19.1. The van der Waals surface area contributed by atoms with E-state index in [9.17, 15) is 9.18 Å². The smallest absolute Gasteiger partial charge is 0.340 e. The fraction of sp³-hybridized carbons (Fsp3) is 0.462. The van der Waals surface area contributed by atoms with Crippen molar-refractivity contribution in [2.45, 2.75) is 25.3 Å². The summed E-state index contributed by atoms with van der Waals surface area (Å²) in [7, 11) is 0. The number of alkyl halides is 1. The van der Waals surface area contributed by atoms with Gasteiger partial charge in [-0.05, 0) is 31.0 Å². The van der Waals surface area contributed by atoms with Crippen molar-refractivity contribution >= 4 is 5.97 Å². The zero-order valence-corrected chi connectivity index (χ0v) is 9.62. The van der Waals surface area contributed by atoms with Crippen LogP contribution in [0.25, 0.3) is 0 Å². The molecule has 1 aromatic carbocycles. The van der Waals surface area contributed by atoms with Crippen LogP contribution in [0.1, 0.15) is 41.2 Å². The number of ether oxygens (including phenoxy) is 1. The first-order chi connectivity index (χ1) is 8.33. The zero-order valence-electron chi connectivity index (χ0n) is 9.62. The molecule has 1 saturated heterocycles. The van der Waals surface area contributed by atoms with Crippen LogP contribution in [-0.4, -0.2) is 19.4 Å². The highest BCUT2D eigenvalue weighted by Gasteiger charge is 2.21. The van der Waals surface area contributed by atoms with Gasteiger partial charge in [-0.2, -0.15) is 0 Å². The predicted octanol–water partition coefficient (Wildman–Crippen LogP) is 2.58. The third-order valence-electron chi connectivity index (χ3n) is 3.05. The van der Waals surface area contributed by atoms with Crippen molar-refractivity contribution in [3.05, 3.63) is 35.4 Å². The van der Waals surface area contributed by atoms with E-state index in [1.54, 1.807) is 12.1 Å². The summed E-state index contributed by atoms with van der Waals surface area (Å²) < 4.78 is 16.5. The van der Waals surface area contributed by atoms with Crippen molar-refractivity contribution in [3.8, 4) is 0 Å². The molecule has 0 aromatic heterocycles. The Labute approximate surface area is 100.0 Å². The van der Waals surface area contributed by atoms with E-state index in [-0.39, 0.29) is 6.04 Å². The lowest BCUT2D eigenvalue weighted by Gasteiger charge is -2.25. The number of rotatable bonds is 3. The fourth-order valence-corrected chi connectivity index (χ4v) is 2.23. The van der Waals surface area contributed by atoms with E-state index in [2.05, 4.69) is 10.1 Å². The van der Waals surface area contributed by atoms with E-state index >= 15 is 0 Å². The molecule has 1 aliphatic rings. The molecule has 0 spiro atoms. The molecule has 1 fully saturated rings. The van der Waals surface area contributed by atoms with E-state index in [1.807, 2.05) is 12.1 Å². The van der Waals surface area contributed by atoms with Crippen molar-refractivity contribution in [1.82, 2.24) is 5.32 Å². The monoisotopic (exact) mass is 237 g/mol. The van der Waals surface area contributed by atoms with E-state index in [1.165, 1.54) is 0 Å². The van der Waals surface area contributed by atoms with Gasteiger partial charge in [0.2, 0.25) is 6.86 Å². The molecule has 2 rings (SSSR count). The first-order valence-electron chi connectivity index (χ1n) is 5.88. The Morgan fingerprint density at radius 3 is 2.94 bits per heavy atom.